The third-order valence-corrected chi connectivity index (χ3v) is 6.85. The topological polar surface area (TPSA) is 96.5 Å². The number of carbonyl (C=O) groups is 1. The van der Waals surface area contributed by atoms with Gasteiger partial charge in [-0.1, -0.05) is 31.5 Å². The smallest absolute Gasteiger partial charge is 0.261 e. The van der Waals surface area contributed by atoms with Crippen molar-refractivity contribution in [3.05, 3.63) is 82.8 Å². The molecule has 0 saturated carbocycles. The lowest BCUT2D eigenvalue weighted by Gasteiger charge is -2.12. The van der Waals surface area contributed by atoms with Crippen LogP contribution in [0, 0.1) is 0 Å². The van der Waals surface area contributed by atoms with Gasteiger partial charge in [0.05, 0.1) is 16.0 Å². The van der Waals surface area contributed by atoms with E-state index in [1.54, 1.807) is 60.7 Å². The first-order chi connectivity index (χ1) is 16.3. The molecule has 0 spiro atoms. The maximum Gasteiger partial charge on any atom is 0.261 e. The average Bonchev–Trinajstić information content (AvgIpc) is 2.81. The van der Waals surface area contributed by atoms with E-state index < -0.39 is 10.0 Å². The molecule has 0 aliphatic heterocycles. The quantitative estimate of drug-likeness (QED) is 0.234. The molecule has 7 nitrogen and oxygen atoms in total. The van der Waals surface area contributed by atoms with Crippen molar-refractivity contribution in [1.82, 2.24) is 5.32 Å². The summed E-state index contributed by atoms with van der Waals surface area (Å²) in [5.41, 5.74) is 1.41. The van der Waals surface area contributed by atoms with Crippen molar-refractivity contribution in [2.75, 3.05) is 16.6 Å². The van der Waals surface area contributed by atoms with E-state index in [9.17, 15) is 13.2 Å². The maximum atomic E-state index is 12.5. The number of sulfonamides is 1. The van der Waals surface area contributed by atoms with Gasteiger partial charge in [-0.25, -0.2) is 8.42 Å². The predicted molar refractivity (Wildman–Crippen MR) is 142 cm³/mol. The summed E-state index contributed by atoms with van der Waals surface area (Å²) in [5, 5.41) is 5.58. The van der Waals surface area contributed by atoms with Crippen molar-refractivity contribution in [2.45, 2.75) is 24.7 Å². The Kier molecular flexibility index (Phi) is 9.03. The van der Waals surface area contributed by atoms with Crippen LogP contribution in [0.4, 0.5) is 11.4 Å². The van der Waals surface area contributed by atoms with Gasteiger partial charge in [-0.15, -0.1) is 0 Å². The highest BCUT2D eigenvalue weighted by atomic mass is 79.9. The van der Waals surface area contributed by atoms with E-state index in [-0.39, 0.29) is 15.9 Å². The van der Waals surface area contributed by atoms with Crippen molar-refractivity contribution in [3.8, 4) is 5.75 Å². The second-order valence-corrected chi connectivity index (χ2v) is 10.2. The number of hydrogen-bond donors (Lipinski definition) is 3. The second-order valence-electron chi connectivity index (χ2n) is 7.25. The van der Waals surface area contributed by atoms with Crippen molar-refractivity contribution < 1.29 is 17.9 Å². The van der Waals surface area contributed by atoms with Gasteiger partial charge in [0.2, 0.25) is 0 Å². The van der Waals surface area contributed by atoms with Crippen LogP contribution in [-0.4, -0.2) is 26.0 Å². The van der Waals surface area contributed by atoms with Gasteiger partial charge in [0.15, 0.2) is 5.11 Å². The Labute approximate surface area is 213 Å². The van der Waals surface area contributed by atoms with Gasteiger partial charge in [-0.05, 0) is 89.2 Å². The molecule has 34 heavy (non-hydrogen) atoms. The van der Waals surface area contributed by atoms with E-state index in [0.29, 0.717) is 33.8 Å². The van der Waals surface area contributed by atoms with E-state index in [0.717, 1.165) is 12.8 Å². The lowest BCUT2D eigenvalue weighted by molar-refractivity contribution is 0.0977. The molecular weight excluding hydrogens is 538 g/mol. The number of nitrogens with one attached hydrogen (secondary N) is 3. The van der Waals surface area contributed by atoms with Crippen LogP contribution >= 0.6 is 28.1 Å². The molecule has 0 aliphatic carbocycles. The number of carbonyl (C=O) groups excluding carboxylic acids is 1. The zero-order valence-electron chi connectivity index (χ0n) is 18.4. The van der Waals surface area contributed by atoms with Crippen LogP contribution in [0.5, 0.6) is 5.75 Å². The minimum absolute atomic E-state index is 0.0856. The number of benzene rings is 3. The molecule has 0 bridgehead atoms. The summed E-state index contributed by atoms with van der Waals surface area (Å²) in [6, 6.07) is 19.7. The number of ether oxygens (including phenoxy) is 1. The Morgan fingerprint density at radius 1 is 1.00 bits per heavy atom. The van der Waals surface area contributed by atoms with Gasteiger partial charge in [0, 0.05) is 16.9 Å². The second kappa shape index (κ2) is 12.0. The molecule has 0 atom stereocenters. The van der Waals surface area contributed by atoms with Gasteiger partial charge in [0.25, 0.3) is 15.9 Å². The molecule has 178 valence electrons. The fourth-order valence-corrected chi connectivity index (χ4v) is 4.62. The van der Waals surface area contributed by atoms with Crippen LogP contribution in [0.1, 0.15) is 30.1 Å². The van der Waals surface area contributed by atoms with Crippen LogP contribution in [0.25, 0.3) is 0 Å². The Morgan fingerprint density at radius 2 is 1.71 bits per heavy atom. The fourth-order valence-electron chi connectivity index (χ4n) is 2.86. The van der Waals surface area contributed by atoms with Crippen molar-refractivity contribution >= 4 is 60.6 Å². The van der Waals surface area contributed by atoms with Gasteiger partial charge in [-0.3, -0.25) is 14.8 Å². The third-order valence-electron chi connectivity index (χ3n) is 4.63. The van der Waals surface area contributed by atoms with E-state index in [2.05, 4.69) is 38.2 Å². The average molecular weight is 563 g/mol. The molecule has 0 heterocycles. The van der Waals surface area contributed by atoms with E-state index in [4.69, 9.17) is 17.0 Å². The van der Waals surface area contributed by atoms with E-state index in [1.165, 1.54) is 12.1 Å². The first-order valence-electron chi connectivity index (χ1n) is 10.5. The Balaban J connectivity index is 1.57. The molecule has 10 heteroatoms. The van der Waals surface area contributed by atoms with Gasteiger partial charge >= 0.3 is 0 Å². The predicted octanol–water partition coefficient (Wildman–Crippen LogP) is 5.56. The molecular formula is C24H24BrN3O4S2. The standard InChI is InChI=1S/C24H24BrN3O4S2/c1-2-3-15-32-22-14-9-17(16-21(22)25)23(29)27-24(33)26-18-10-12-20(13-11-18)34(30,31)28-19-7-5-4-6-8-19/h4-14,16,28H,2-3,15H2,1H3,(H2,26,27,29,33). The number of unbranched alkanes of at least 4 members (excludes halogenated alkanes) is 1. The molecule has 0 unspecified atom stereocenters. The first-order valence-corrected chi connectivity index (χ1v) is 13.2. The molecule has 1 amide bonds. The number of thiocarbonyl (C=S) groups is 1. The molecule has 0 saturated heterocycles. The SMILES string of the molecule is CCCCOc1ccc(C(=O)NC(=S)Nc2ccc(S(=O)(=O)Nc3ccccc3)cc2)cc1Br. The van der Waals surface area contributed by atoms with Crippen molar-refractivity contribution in [1.29, 1.82) is 0 Å². The lowest BCUT2D eigenvalue weighted by atomic mass is 10.2. The minimum atomic E-state index is -3.72. The summed E-state index contributed by atoms with van der Waals surface area (Å²) >= 11 is 8.65. The van der Waals surface area contributed by atoms with Gasteiger partial charge in [-0.2, -0.15) is 0 Å². The molecule has 0 aromatic heterocycles. The summed E-state index contributed by atoms with van der Waals surface area (Å²) in [6.45, 7) is 2.69. The van der Waals surface area contributed by atoms with Crippen LogP contribution in [-0.2, 0) is 10.0 Å². The summed E-state index contributed by atoms with van der Waals surface area (Å²) in [5.74, 6) is 0.284. The third kappa shape index (κ3) is 7.28. The Morgan fingerprint density at radius 3 is 2.35 bits per heavy atom. The number of rotatable bonds is 9. The number of hydrogen-bond acceptors (Lipinski definition) is 5. The summed E-state index contributed by atoms with van der Waals surface area (Å²) in [7, 11) is -3.72. The summed E-state index contributed by atoms with van der Waals surface area (Å²) < 4.78 is 33.9. The lowest BCUT2D eigenvalue weighted by Crippen LogP contribution is -2.34. The first kappa shape index (κ1) is 25.7. The number of anilines is 2. The molecule has 3 N–H and O–H groups in total. The molecule has 0 aliphatic rings. The highest BCUT2D eigenvalue weighted by Gasteiger charge is 2.15. The Hall–Kier alpha value is -2.95. The van der Waals surface area contributed by atoms with Crippen LogP contribution in [0.2, 0.25) is 0 Å². The molecule has 0 radical (unpaired) electrons. The maximum absolute atomic E-state index is 12.5. The van der Waals surface area contributed by atoms with E-state index >= 15 is 0 Å². The molecule has 0 fully saturated rings. The molecule has 3 aromatic carbocycles. The largest absolute Gasteiger partial charge is 0.492 e. The summed E-state index contributed by atoms with van der Waals surface area (Å²) in [6.07, 6.45) is 1.98. The van der Waals surface area contributed by atoms with Crippen LogP contribution in [0.3, 0.4) is 0 Å². The van der Waals surface area contributed by atoms with Crippen LogP contribution < -0.4 is 20.1 Å². The minimum Gasteiger partial charge on any atom is -0.492 e. The monoisotopic (exact) mass is 561 g/mol. The van der Waals surface area contributed by atoms with Crippen LogP contribution in [0.15, 0.2) is 82.2 Å². The van der Waals surface area contributed by atoms with Crippen molar-refractivity contribution in [3.63, 3.8) is 0 Å². The number of para-hydroxylation sites is 1. The van der Waals surface area contributed by atoms with Gasteiger partial charge < -0.3 is 10.1 Å². The summed E-state index contributed by atoms with van der Waals surface area (Å²) in [4.78, 5) is 12.6. The zero-order valence-corrected chi connectivity index (χ0v) is 21.6. The number of amides is 1. The molecule has 3 aromatic rings. The highest BCUT2D eigenvalue weighted by Crippen LogP contribution is 2.26. The Bertz CT molecular complexity index is 1250. The highest BCUT2D eigenvalue weighted by molar-refractivity contribution is 9.10. The fraction of sp³-hybridized carbons (Fsp3) is 0.167. The van der Waals surface area contributed by atoms with Gasteiger partial charge in [0.1, 0.15) is 5.75 Å². The van der Waals surface area contributed by atoms with Crippen molar-refractivity contribution in [2.24, 2.45) is 0 Å². The number of halogens is 1. The molecule has 3 rings (SSSR count). The van der Waals surface area contributed by atoms with E-state index in [1.807, 2.05) is 0 Å². The zero-order chi connectivity index (χ0) is 24.6. The normalized spacial score (nSPS) is 10.9.